The van der Waals surface area contributed by atoms with E-state index >= 15 is 0 Å². The van der Waals surface area contributed by atoms with E-state index in [0.717, 1.165) is 0 Å². The molecule has 0 atom stereocenters. The van der Waals surface area contributed by atoms with E-state index in [2.05, 4.69) is 5.92 Å². The van der Waals surface area contributed by atoms with Gasteiger partial charge in [-0.05, 0) is 18.2 Å². The fourth-order valence-corrected chi connectivity index (χ4v) is 1.28. The molecular formula is C11H7NO2. The highest BCUT2D eigenvalue weighted by Crippen LogP contribution is 2.19. The van der Waals surface area contributed by atoms with E-state index in [0.29, 0.717) is 22.2 Å². The number of terminal acetylenes is 1. The van der Waals surface area contributed by atoms with Crippen molar-refractivity contribution in [2.75, 3.05) is 5.73 Å². The molecule has 1 aromatic heterocycles. The molecule has 14 heavy (non-hydrogen) atoms. The van der Waals surface area contributed by atoms with Gasteiger partial charge in [-0.25, -0.2) is 4.79 Å². The minimum absolute atomic E-state index is 0.383. The van der Waals surface area contributed by atoms with Gasteiger partial charge >= 0.3 is 5.63 Å². The molecule has 2 N–H and O–H groups in total. The Labute approximate surface area is 80.1 Å². The summed E-state index contributed by atoms with van der Waals surface area (Å²) in [4.78, 5) is 11.0. The van der Waals surface area contributed by atoms with Gasteiger partial charge in [-0.3, -0.25) is 0 Å². The standard InChI is InChI=1S/C11H7NO2/c1-2-7-3-4-10-8(5-7)9(12)6-11(13)14-10/h1,3-6H,12H2. The molecule has 0 bridgehead atoms. The number of fused-ring (bicyclic) bond motifs is 1. The number of hydrogen-bond donors (Lipinski definition) is 1. The third kappa shape index (κ3) is 1.23. The predicted octanol–water partition coefficient (Wildman–Crippen LogP) is 1.36. The Hall–Kier alpha value is -2.21. The molecule has 1 heterocycles. The molecule has 2 aromatic rings. The molecule has 0 fully saturated rings. The molecule has 3 nitrogen and oxygen atoms in total. The topological polar surface area (TPSA) is 56.2 Å². The molecule has 0 aliphatic rings. The average molecular weight is 185 g/mol. The molecule has 1 aromatic carbocycles. The largest absolute Gasteiger partial charge is 0.423 e. The van der Waals surface area contributed by atoms with Crippen LogP contribution in [0.5, 0.6) is 0 Å². The maximum absolute atomic E-state index is 11.0. The first-order valence-electron chi connectivity index (χ1n) is 4.01. The van der Waals surface area contributed by atoms with Crippen LogP contribution in [0.1, 0.15) is 5.56 Å². The summed E-state index contributed by atoms with van der Waals surface area (Å²) in [5, 5.41) is 0.667. The molecule has 0 aliphatic carbocycles. The predicted molar refractivity (Wildman–Crippen MR) is 54.8 cm³/mol. The Morgan fingerprint density at radius 3 is 2.86 bits per heavy atom. The zero-order chi connectivity index (χ0) is 10.1. The van der Waals surface area contributed by atoms with Crippen molar-refractivity contribution in [2.24, 2.45) is 0 Å². The number of benzene rings is 1. The van der Waals surface area contributed by atoms with Crippen LogP contribution in [0.15, 0.2) is 33.5 Å². The van der Waals surface area contributed by atoms with Crippen LogP contribution >= 0.6 is 0 Å². The molecule has 0 spiro atoms. The van der Waals surface area contributed by atoms with Crippen molar-refractivity contribution in [3.8, 4) is 12.3 Å². The first-order chi connectivity index (χ1) is 6.70. The maximum atomic E-state index is 11.0. The van der Waals surface area contributed by atoms with Crippen LogP contribution in [-0.2, 0) is 0 Å². The van der Waals surface area contributed by atoms with Crippen LogP contribution < -0.4 is 11.4 Å². The zero-order valence-corrected chi connectivity index (χ0v) is 7.28. The molecule has 0 saturated carbocycles. The molecule has 0 aliphatic heterocycles. The smallest absolute Gasteiger partial charge is 0.338 e. The fraction of sp³-hybridized carbons (Fsp3) is 0. The third-order valence-corrected chi connectivity index (χ3v) is 1.94. The number of nitrogens with two attached hydrogens (primary N) is 1. The number of hydrogen-bond acceptors (Lipinski definition) is 3. The Balaban J connectivity index is 2.90. The summed E-state index contributed by atoms with van der Waals surface area (Å²) in [6.07, 6.45) is 5.24. The lowest BCUT2D eigenvalue weighted by Gasteiger charge is -1.99. The summed E-state index contributed by atoms with van der Waals surface area (Å²) in [7, 11) is 0. The van der Waals surface area contributed by atoms with Gasteiger partial charge in [0.25, 0.3) is 0 Å². The second-order valence-corrected chi connectivity index (χ2v) is 2.88. The Morgan fingerprint density at radius 2 is 2.14 bits per heavy atom. The Morgan fingerprint density at radius 1 is 1.36 bits per heavy atom. The second-order valence-electron chi connectivity index (χ2n) is 2.88. The van der Waals surface area contributed by atoms with Gasteiger partial charge in [0.15, 0.2) is 0 Å². The summed E-state index contributed by atoms with van der Waals surface area (Å²) in [5.41, 5.74) is 6.74. The van der Waals surface area contributed by atoms with Gasteiger partial charge in [0.05, 0.1) is 0 Å². The average Bonchev–Trinajstić information content (AvgIpc) is 2.17. The maximum Gasteiger partial charge on any atom is 0.338 e. The molecule has 0 saturated heterocycles. The van der Waals surface area contributed by atoms with Crippen LogP contribution in [0.2, 0.25) is 0 Å². The third-order valence-electron chi connectivity index (χ3n) is 1.94. The summed E-state index contributed by atoms with van der Waals surface area (Å²) in [5.74, 6) is 2.49. The van der Waals surface area contributed by atoms with Gasteiger partial charge < -0.3 is 10.2 Å². The van der Waals surface area contributed by atoms with E-state index in [9.17, 15) is 4.79 Å². The Kier molecular flexibility index (Phi) is 1.76. The van der Waals surface area contributed by atoms with Crippen LogP contribution in [0.25, 0.3) is 11.0 Å². The minimum atomic E-state index is -0.455. The molecule has 3 heteroatoms. The van der Waals surface area contributed by atoms with Gasteiger partial charge in [0, 0.05) is 22.7 Å². The molecule has 2 rings (SSSR count). The summed E-state index contributed by atoms with van der Waals surface area (Å²) < 4.78 is 4.94. The van der Waals surface area contributed by atoms with Gasteiger partial charge in [-0.2, -0.15) is 0 Å². The van der Waals surface area contributed by atoms with Gasteiger partial charge in [-0.15, -0.1) is 6.42 Å². The number of anilines is 1. The van der Waals surface area contributed by atoms with Crippen LogP contribution in [0.3, 0.4) is 0 Å². The lowest BCUT2D eigenvalue weighted by atomic mass is 10.1. The summed E-state index contributed by atoms with van der Waals surface area (Å²) in [6.45, 7) is 0. The zero-order valence-electron chi connectivity index (χ0n) is 7.28. The molecule has 68 valence electrons. The van der Waals surface area contributed by atoms with Crippen LogP contribution in [-0.4, -0.2) is 0 Å². The minimum Gasteiger partial charge on any atom is -0.423 e. The van der Waals surface area contributed by atoms with Crippen molar-refractivity contribution in [1.82, 2.24) is 0 Å². The highest BCUT2D eigenvalue weighted by Gasteiger charge is 2.02. The van der Waals surface area contributed by atoms with Crippen molar-refractivity contribution in [2.45, 2.75) is 0 Å². The van der Waals surface area contributed by atoms with E-state index in [1.165, 1.54) is 6.07 Å². The SMILES string of the molecule is C#Cc1ccc2oc(=O)cc(N)c2c1. The highest BCUT2D eigenvalue weighted by molar-refractivity contribution is 5.89. The molecule has 0 amide bonds. The molecule has 0 unspecified atom stereocenters. The highest BCUT2D eigenvalue weighted by atomic mass is 16.4. The van der Waals surface area contributed by atoms with Gasteiger partial charge in [0.1, 0.15) is 5.58 Å². The normalized spacial score (nSPS) is 9.93. The number of rotatable bonds is 0. The van der Waals surface area contributed by atoms with Crippen molar-refractivity contribution in [3.05, 3.63) is 40.2 Å². The van der Waals surface area contributed by atoms with E-state index in [-0.39, 0.29) is 0 Å². The van der Waals surface area contributed by atoms with Crippen LogP contribution in [0.4, 0.5) is 5.69 Å². The van der Waals surface area contributed by atoms with E-state index in [1.54, 1.807) is 18.2 Å². The second kappa shape index (κ2) is 2.93. The summed E-state index contributed by atoms with van der Waals surface area (Å²) >= 11 is 0. The van der Waals surface area contributed by atoms with E-state index < -0.39 is 5.63 Å². The quantitative estimate of drug-likeness (QED) is 0.498. The van der Waals surface area contributed by atoms with Crippen molar-refractivity contribution in [3.63, 3.8) is 0 Å². The lowest BCUT2D eigenvalue weighted by molar-refractivity contribution is 0.562. The van der Waals surface area contributed by atoms with E-state index in [1.807, 2.05) is 0 Å². The first-order valence-corrected chi connectivity index (χ1v) is 4.01. The van der Waals surface area contributed by atoms with Gasteiger partial charge in [0.2, 0.25) is 0 Å². The summed E-state index contributed by atoms with van der Waals surface area (Å²) in [6, 6.07) is 6.29. The molecule has 0 radical (unpaired) electrons. The number of nitrogen functional groups attached to an aromatic ring is 1. The Bertz CT molecular complexity index is 590. The first kappa shape index (κ1) is 8.39. The van der Waals surface area contributed by atoms with Crippen molar-refractivity contribution < 1.29 is 4.42 Å². The van der Waals surface area contributed by atoms with Crippen LogP contribution in [0, 0.1) is 12.3 Å². The monoisotopic (exact) mass is 185 g/mol. The van der Waals surface area contributed by atoms with Crippen molar-refractivity contribution in [1.29, 1.82) is 0 Å². The van der Waals surface area contributed by atoms with Gasteiger partial charge in [-0.1, -0.05) is 5.92 Å². The van der Waals surface area contributed by atoms with E-state index in [4.69, 9.17) is 16.6 Å². The fourth-order valence-electron chi connectivity index (χ4n) is 1.28. The lowest BCUT2D eigenvalue weighted by Crippen LogP contribution is -2.00. The molecular weight excluding hydrogens is 178 g/mol. The van der Waals surface area contributed by atoms with Crippen molar-refractivity contribution >= 4 is 16.7 Å².